The van der Waals surface area contributed by atoms with Crippen molar-refractivity contribution in [3.8, 4) is 11.5 Å². The summed E-state index contributed by atoms with van der Waals surface area (Å²) in [6.07, 6.45) is 0.115. The van der Waals surface area contributed by atoms with Gasteiger partial charge < -0.3 is 19.1 Å². The van der Waals surface area contributed by atoms with Crippen LogP contribution in [0.1, 0.15) is 31.1 Å². The van der Waals surface area contributed by atoms with Gasteiger partial charge in [-0.05, 0) is 39.0 Å². The molecule has 1 fully saturated rings. The van der Waals surface area contributed by atoms with Crippen molar-refractivity contribution < 1.29 is 19.0 Å². The molecule has 0 aliphatic carbocycles. The van der Waals surface area contributed by atoms with E-state index in [1.165, 1.54) is 0 Å². The number of nitrogens with zero attached hydrogens (tertiary/aromatic N) is 1. The van der Waals surface area contributed by atoms with E-state index in [4.69, 9.17) is 14.2 Å². The van der Waals surface area contributed by atoms with Crippen molar-refractivity contribution in [3.63, 3.8) is 0 Å². The first-order valence-corrected chi connectivity index (χ1v) is 7.30. The molecule has 1 aliphatic rings. The zero-order chi connectivity index (χ0) is 15.4. The average molecular weight is 293 g/mol. The molecule has 0 bridgehead atoms. The van der Waals surface area contributed by atoms with Crippen molar-refractivity contribution in [2.24, 2.45) is 0 Å². The molecule has 0 N–H and O–H groups in total. The number of carbonyl (C=O) groups excluding carboxylic acids is 1. The topological polar surface area (TPSA) is 48.0 Å². The van der Waals surface area contributed by atoms with Crippen molar-refractivity contribution in [3.05, 3.63) is 23.8 Å². The Balaban J connectivity index is 2.20. The van der Waals surface area contributed by atoms with E-state index >= 15 is 0 Å². The molecule has 2 atom stereocenters. The molecule has 1 aromatic carbocycles. The summed E-state index contributed by atoms with van der Waals surface area (Å²) in [6.45, 7) is 7.61. The predicted molar refractivity (Wildman–Crippen MR) is 80.1 cm³/mol. The molecule has 0 spiro atoms. The van der Waals surface area contributed by atoms with Gasteiger partial charge in [-0.25, -0.2) is 0 Å². The Bertz CT molecular complexity index is 493. The average Bonchev–Trinajstić information content (AvgIpc) is 2.45. The molecule has 2 rings (SSSR count). The highest BCUT2D eigenvalue weighted by molar-refractivity contribution is 5.95. The van der Waals surface area contributed by atoms with Crippen LogP contribution in [-0.4, -0.2) is 49.8 Å². The Morgan fingerprint density at radius 1 is 1.29 bits per heavy atom. The van der Waals surface area contributed by atoms with Gasteiger partial charge in [-0.3, -0.25) is 4.79 Å². The molecule has 1 aromatic rings. The SMILES string of the molecule is CCOc1cc(C(=O)N2CC(C)OC(C)C2)ccc1OC. The Hall–Kier alpha value is -1.75. The van der Waals surface area contributed by atoms with Gasteiger partial charge in [0.15, 0.2) is 11.5 Å². The maximum atomic E-state index is 12.6. The van der Waals surface area contributed by atoms with E-state index in [1.807, 2.05) is 25.7 Å². The van der Waals surface area contributed by atoms with Crippen LogP contribution in [0, 0.1) is 0 Å². The fourth-order valence-electron chi connectivity index (χ4n) is 2.60. The second kappa shape index (κ2) is 6.80. The minimum atomic E-state index is 0.000561. The van der Waals surface area contributed by atoms with Gasteiger partial charge in [-0.2, -0.15) is 0 Å². The zero-order valence-corrected chi connectivity index (χ0v) is 13.1. The number of hydrogen-bond donors (Lipinski definition) is 0. The Labute approximate surface area is 125 Å². The first-order chi connectivity index (χ1) is 10.0. The summed E-state index contributed by atoms with van der Waals surface area (Å²) in [5.74, 6) is 1.23. The van der Waals surface area contributed by atoms with Gasteiger partial charge in [0.25, 0.3) is 5.91 Å². The van der Waals surface area contributed by atoms with Gasteiger partial charge in [-0.15, -0.1) is 0 Å². The molecule has 0 radical (unpaired) electrons. The number of methoxy groups -OCH3 is 1. The molecule has 1 aliphatic heterocycles. The third kappa shape index (κ3) is 3.67. The van der Waals surface area contributed by atoms with E-state index in [1.54, 1.807) is 25.3 Å². The molecule has 0 saturated carbocycles. The number of morpholine rings is 1. The van der Waals surface area contributed by atoms with Crippen molar-refractivity contribution >= 4 is 5.91 Å². The van der Waals surface area contributed by atoms with Crippen LogP contribution in [0.3, 0.4) is 0 Å². The number of ether oxygens (including phenoxy) is 3. The molecule has 1 amide bonds. The summed E-state index contributed by atoms with van der Waals surface area (Å²) >= 11 is 0. The molecule has 1 saturated heterocycles. The van der Waals surface area contributed by atoms with Crippen molar-refractivity contribution in [1.29, 1.82) is 0 Å². The van der Waals surface area contributed by atoms with Crippen molar-refractivity contribution in [1.82, 2.24) is 4.90 Å². The van der Waals surface area contributed by atoms with Crippen LogP contribution in [-0.2, 0) is 4.74 Å². The van der Waals surface area contributed by atoms with Gasteiger partial charge in [-0.1, -0.05) is 0 Å². The number of rotatable bonds is 4. The van der Waals surface area contributed by atoms with E-state index < -0.39 is 0 Å². The molecule has 1 heterocycles. The normalized spacial score (nSPS) is 22.0. The quantitative estimate of drug-likeness (QED) is 0.855. The molecule has 2 unspecified atom stereocenters. The number of amides is 1. The number of hydrogen-bond acceptors (Lipinski definition) is 4. The maximum Gasteiger partial charge on any atom is 0.254 e. The second-order valence-corrected chi connectivity index (χ2v) is 5.27. The molecule has 5 nitrogen and oxygen atoms in total. The lowest BCUT2D eigenvalue weighted by Gasteiger charge is -2.35. The van der Waals surface area contributed by atoms with Gasteiger partial charge in [0.1, 0.15) is 0 Å². The molecule has 5 heteroatoms. The summed E-state index contributed by atoms with van der Waals surface area (Å²) in [5, 5.41) is 0. The van der Waals surface area contributed by atoms with Crippen molar-refractivity contribution in [2.45, 2.75) is 33.0 Å². The van der Waals surface area contributed by atoms with Crippen LogP contribution in [0.2, 0.25) is 0 Å². The van der Waals surface area contributed by atoms with E-state index in [9.17, 15) is 4.79 Å². The van der Waals surface area contributed by atoms with Crippen LogP contribution >= 0.6 is 0 Å². The van der Waals surface area contributed by atoms with Crippen LogP contribution in [0.5, 0.6) is 11.5 Å². The zero-order valence-electron chi connectivity index (χ0n) is 13.1. The smallest absolute Gasteiger partial charge is 0.254 e. The van der Waals surface area contributed by atoms with E-state index in [0.29, 0.717) is 36.8 Å². The monoisotopic (exact) mass is 293 g/mol. The third-order valence-electron chi connectivity index (χ3n) is 3.42. The van der Waals surface area contributed by atoms with Gasteiger partial charge in [0.05, 0.1) is 25.9 Å². The minimum absolute atomic E-state index is 0.000561. The summed E-state index contributed by atoms with van der Waals surface area (Å²) in [7, 11) is 1.59. The predicted octanol–water partition coefficient (Wildman–Crippen LogP) is 2.34. The molecular weight excluding hydrogens is 270 g/mol. The maximum absolute atomic E-state index is 12.6. The largest absolute Gasteiger partial charge is 0.493 e. The van der Waals surface area contributed by atoms with Crippen molar-refractivity contribution in [2.75, 3.05) is 26.8 Å². The number of benzene rings is 1. The van der Waals surface area contributed by atoms with E-state index in [-0.39, 0.29) is 18.1 Å². The van der Waals surface area contributed by atoms with Crippen LogP contribution < -0.4 is 9.47 Å². The molecule has 21 heavy (non-hydrogen) atoms. The lowest BCUT2D eigenvalue weighted by atomic mass is 10.1. The van der Waals surface area contributed by atoms with Crippen LogP contribution in [0.4, 0.5) is 0 Å². The summed E-state index contributed by atoms with van der Waals surface area (Å²) in [4.78, 5) is 14.5. The first-order valence-electron chi connectivity index (χ1n) is 7.30. The highest BCUT2D eigenvalue weighted by Gasteiger charge is 2.27. The Kier molecular flexibility index (Phi) is 5.07. The summed E-state index contributed by atoms with van der Waals surface area (Å²) < 4.78 is 16.4. The minimum Gasteiger partial charge on any atom is -0.493 e. The first kappa shape index (κ1) is 15.6. The Morgan fingerprint density at radius 2 is 1.95 bits per heavy atom. The number of carbonyl (C=O) groups is 1. The van der Waals surface area contributed by atoms with Crippen LogP contribution in [0.25, 0.3) is 0 Å². The fourth-order valence-corrected chi connectivity index (χ4v) is 2.60. The molecule has 116 valence electrons. The standard InChI is InChI=1S/C16H23NO4/c1-5-20-15-8-13(6-7-14(15)19-4)16(18)17-9-11(2)21-12(3)10-17/h6-8,11-12H,5,9-10H2,1-4H3. The summed E-state index contributed by atoms with van der Waals surface area (Å²) in [6, 6.07) is 5.29. The lowest BCUT2D eigenvalue weighted by molar-refractivity contribution is -0.0586. The van der Waals surface area contributed by atoms with Gasteiger partial charge >= 0.3 is 0 Å². The highest BCUT2D eigenvalue weighted by Crippen LogP contribution is 2.29. The van der Waals surface area contributed by atoms with Gasteiger partial charge in [0, 0.05) is 18.7 Å². The molecular formula is C16H23NO4. The highest BCUT2D eigenvalue weighted by atomic mass is 16.5. The van der Waals surface area contributed by atoms with Crippen LogP contribution in [0.15, 0.2) is 18.2 Å². The molecule has 0 aromatic heterocycles. The van der Waals surface area contributed by atoms with Gasteiger partial charge in [0.2, 0.25) is 0 Å². The lowest BCUT2D eigenvalue weighted by Crippen LogP contribution is -2.48. The van der Waals surface area contributed by atoms with E-state index in [2.05, 4.69) is 0 Å². The Morgan fingerprint density at radius 3 is 2.52 bits per heavy atom. The van der Waals surface area contributed by atoms with E-state index in [0.717, 1.165) is 0 Å². The third-order valence-corrected chi connectivity index (χ3v) is 3.42. The second-order valence-electron chi connectivity index (χ2n) is 5.27. The summed E-state index contributed by atoms with van der Waals surface area (Å²) in [5.41, 5.74) is 0.612. The fraction of sp³-hybridized carbons (Fsp3) is 0.562.